The van der Waals surface area contributed by atoms with Crippen molar-refractivity contribution < 1.29 is 4.74 Å². The zero-order chi connectivity index (χ0) is 17.1. The quantitative estimate of drug-likeness (QED) is 0.838. The van der Waals surface area contributed by atoms with Crippen LogP contribution in [0, 0.1) is 5.92 Å². The van der Waals surface area contributed by atoms with Gasteiger partial charge in [0.2, 0.25) is 0 Å². The Bertz CT molecular complexity index is 693. The Morgan fingerprint density at radius 1 is 1.12 bits per heavy atom. The molecule has 1 aromatic carbocycles. The molecule has 1 fully saturated rings. The Kier molecular flexibility index (Phi) is 5.04. The molecule has 25 heavy (non-hydrogen) atoms. The van der Waals surface area contributed by atoms with Crippen LogP contribution >= 0.6 is 0 Å². The van der Waals surface area contributed by atoms with Gasteiger partial charge in [0, 0.05) is 44.8 Å². The van der Waals surface area contributed by atoms with Crippen molar-refractivity contribution in [2.75, 3.05) is 33.3 Å². The summed E-state index contributed by atoms with van der Waals surface area (Å²) in [6, 6.07) is 10.6. The van der Waals surface area contributed by atoms with E-state index in [4.69, 9.17) is 4.74 Å². The summed E-state index contributed by atoms with van der Waals surface area (Å²) in [6.45, 7) is 7.79. The summed E-state index contributed by atoms with van der Waals surface area (Å²) in [5.41, 5.74) is 2.64. The maximum absolute atomic E-state index is 5.38. The number of hydrogen-bond donors (Lipinski definition) is 0. The zero-order valence-corrected chi connectivity index (χ0v) is 15.1. The molecule has 2 aliphatic heterocycles. The van der Waals surface area contributed by atoms with Crippen LogP contribution in [0.3, 0.4) is 0 Å². The van der Waals surface area contributed by atoms with E-state index in [1.165, 1.54) is 43.7 Å². The van der Waals surface area contributed by atoms with Crippen LogP contribution in [-0.2, 0) is 19.6 Å². The van der Waals surface area contributed by atoms with E-state index in [-0.39, 0.29) is 0 Å². The van der Waals surface area contributed by atoms with E-state index in [0.29, 0.717) is 5.92 Å². The summed E-state index contributed by atoms with van der Waals surface area (Å²) in [7, 11) is 1.73. The third-order valence-electron chi connectivity index (χ3n) is 5.39. The van der Waals surface area contributed by atoms with Gasteiger partial charge in [-0.05, 0) is 49.7 Å². The van der Waals surface area contributed by atoms with Gasteiger partial charge in [-0.25, -0.2) is 0 Å². The van der Waals surface area contributed by atoms with Crippen molar-refractivity contribution in [1.82, 2.24) is 19.6 Å². The number of methoxy groups -OCH3 is 1. The molecule has 4 rings (SSSR count). The van der Waals surface area contributed by atoms with Crippen molar-refractivity contribution in [2.24, 2.45) is 5.92 Å². The van der Waals surface area contributed by atoms with Crippen LogP contribution in [-0.4, -0.2) is 52.9 Å². The molecule has 0 amide bonds. The summed E-state index contributed by atoms with van der Waals surface area (Å²) in [4.78, 5) is 5.19. The van der Waals surface area contributed by atoms with Crippen molar-refractivity contribution in [3.05, 3.63) is 47.8 Å². The minimum Gasteiger partial charge on any atom is -0.497 e. The molecule has 134 valence electrons. The highest BCUT2D eigenvalue weighted by Crippen LogP contribution is 2.22. The maximum atomic E-state index is 5.38. The predicted octanol–water partition coefficient (Wildman–Crippen LogP) is 2.62. The first-order valence-electron chi connectivity index (χ1n) is 9.38. The van der Waals surface area contributed by atoms with E-state index in [2.05, 4.69) is 43.8 Å². The first-order valence-corrected chi connectivity index (χ1v) is 9.38. The lowest BCUT2D eigenvalue weighted by atomic mass is 10.1. The number of aromatic nitrogens is 2. The first kappa shape index (κ1) is 16.6. The molecule has 0 unspecified atom stereocenters. The Morgan fingerprint density at radius 3 is 2.84 bits per heavy atom. The van der Waals surface area contributed by atoms with Crippen LogP contribution < -0.4 is 4.74 Å². The number of nitrogens with zero attached hydrogens (tertiary/aromatic N) is 4. The molecule has 2 aliphatic rings. The fraction of sp³-hybridized carbons (Fsp3) is 0.550. The van der Waals surface area contributed by atoms with Crippen molar-refractivity contribution >= 4 is 0 Å². The smallest absolute Gasteiger partial charge is 0.119 e. The Hall–Kier alpha value is -1.85. The molecular weight excluding hydrogens is 312 g/mol. The number of likely N-dealkylation sites (tertiary alicyclic amines) is 1. The number of benzene rings is 1. The van der Waals surface area contributed by atoms with Crippen molar-refractivity contribution in [1.29, 1.82) is 0 Å². The van der Waals surface area contributed by atoms with E-state index in [1.807, 2.05) is 12.3 Å². The fourth-order valence-electron chi connectivity index (χ4n) is 4.22. The standard InChI is InChI=1S/C20H28N4O/c1-25-20-6-4-5-17(11-20)12-23-14-18(13-22-9-2-3-10-22)15-24-19(16-23)7-8-21-24/h4-8,11,18H,2-3,9-10,12-16H2,1H3/t18-/m0/s1. The second kappa shape index (κ2) is 7.58. The van der Waals surface area contributed by atoms with Gasteiger partial charge in [0.1, 0.15) is 5.75 Å². The van der Waals surface area contributed by atoms with Gasteiger partial charge in [-0.15, -0.1) is 0 Å². The molecule has 0 bridgehead atoms. The molecule has 1 atom stereocenters. The van der Waals surface area contributed by atoms with Gasteiger partial charge >= 0.3 is 0 Å². The monoisotopic (exact) mass is 340 g/mol. The van der Waals surface area contributed by atoms with Gasteiger partial charge in [0.25, 0.3) is 0 Å². The minimum absolute atomic E-state index is 0.629. The number of rotatable bonds is 5. The normalized spacial score (nSPS) is 21.9. The van der Waals surface area contributed by atoms with E-state index in [1.54, 1.807) is 7.11 Å². The molecule has 3 heterocycles. The Labute approximate surface area is 150 Å². The van der Waals surface area contributed by atoms with Crippen LogP contribution in [0.25, 0.3) is 0 Å². The highest BCUT2D eigenvalue weighted by molar-refractivity contribution is 5.28. The highest BCUT2D eigenvalue weighted by atomic mass is 16.5. The Morgan fingerprint density at radius 2 is 2.00 bits per heavy atom. The lowest BCUT2D eigenvalue weighted by Gasteiger charge is -2.27. The number of ether oxygens (including phenoxy) is 1. The third-order valence-corrected chi connectivity index (χ3v) is 5.39. The highest BCUT2D eigenvalue weighted by Gasteiger charge is 2.25. The molecule has 1 aromatic heterocycles. The zero-order valence-electron chi connectivity index (χ0n) is 15.1. The van der Waals surface area contributed by atoms with Crippen molar-refractivity contribution in [2.45, 2.75) is 32.5 Å². The molecule has 0 aliphatic carbocycles. The predicted molar refractivity (Wildman–Crippen MR) is 98.5 cm³/mol. The summed E-state index contributed by atoms with van der Waals surface area (Å²) in [6.07, 6.45) is 4.65. The van der Waals surface area contributed by atoms with Crippen LogP contribution in [0.15, 0.2) is 36.5 Å². The van der Waals surface area contributed by atoms with Gasteiger partial charge in [0.15, 0.2) is 0 Å². The van der Waals surface area contributed by atoms with E-state index in [0.717, 1.165) is 31.9 Å². The lowest BCUT2D eigenvalue weighted by molar-refractivity contribution is 0.182. The average molecular weight is 340 g/mol. The van der Waals surface area contributed by atoms with Gasteiger partial charge in [0.05, 0.1) is 12.8 Å². The molecule has 5 nitrogen and oxygen atoms in total. The van der Waals surface area contributed by atoms with E-state index in [9.17, 15) is 0 Å². The van der Waals surface area contributed by atoms with Crippen LogP contribution in [0.2, 0.25) is 0 Å². The summed E-state index contributed by atoms with van der Waals surface area (Å²) in [5, 5.41) is 4.56. The fourth-order valence-corrected chi connectivity index (χ4v) is 4.22. The molecule has 0 spiro atoms. The van der Waals surface area contributed by atoms with E-state index >= 15 is 0 Å². The molecular formula is C20H28N4O. The second-order valence-electron chi connectivity index (χ2n) is 7.40. The van der Waals surface area contributed by atoms with Gasteiger partial charge in [-0.2, -0.15) is 5.10 Å². The topological polar surface area (TPSA) is 33.5 Å². The molecule has 2 aromatic rings. The summed E-state index contributed by atoms with van der Waals surface area (Å²) < 4.78 is 7.60. The SMILES string of the molecule is COc1cccc(CN2Cc3ccnn3C[C@@H](CN3CCCC3)C2)c1. The lowest BCUT2D eigenvalue weighted by Crippen LogP contribution is -2.35. The molecule has 0 radical (unpaired) electrons. The second-order valence-corrected chi connectivity index (χ2v) is 7.40. The van der Waals surface area contributed by atoms with Gasteiger partial charge in [-0.3, -0.25) is 9.58 Å². The number of hydrogen-bond acceptors (Lipinski definition) is 4. The third kappa shape index (κ3) is 4.05. The van der Waals surface area contributed by atoms with Gasteiger partial charge < -0.3 is 9.64 Å². The minimum atomic E-state index is 0.629. The van der Waals surface area contributed by atoms with Crippen LogP contribution in [0.4, 0.5) is 0 Å². The maximum Gasteiger partial charge on any atom is 0.119 e. The van der Waals surface area contributed by atoms with Crippen molar-refractivity contribution in [3.63, 3.8) is 0 Å². The molecule has 0 N–H and O–H groups in total. The largest absolute Gasteiger partial charge is 0.497 e. The van der Waals surface area contributed by atoms with Gasteiger partial charge in [-0.1, -0.05) is 12.1 Å². The van der Waals surface area contributed by atoms with Crippen LogP contribution in [0.1, 0.15) is 24.1 Å². The summed E-state index contributed by atoms with van der Waals surface area (Å²) >= 11 is 0. The van der Waals surface area contributed by atoms with Crippen molar-refractivity contribution in [3.8, 4) is 5.75 Å². The molecule has 5 heteroatoms. The average Bonchev–Trinajstić information content (AvgIpc) is 3.25. The van der Waals surface area contributed by atoms with E-state index < -0.39 is 0 Å². The first-order chi connectivity index (χ1) is 12.3. The Balaban J connectivity index is 1.49. The molecule has 1 saturated heterocycles. The summed E-state index contributed by atoms with van der Waals surface area (Å²) in [5.74, 6) is 1.57. The number of fused-ring (bicyclic) bond motifs is 1. The molecule has 0 saturated carbocycles. The van der Waals surface area contributed by atoms with Crippen LogP contribution in [0.5, 0.6) is 5.75 Å².